The average molecular weight is 317 g/mol. The van der Waals surface area contributed by atoms with E-state index < -0.39 is 5.82 Å². The van der Waals surface area contributed by atoms with Crippen LogP contribution in [0.3, 0.4) is 0 Å². The highest BCUT2D eigenvalue weighted by Crippen LogP contribution is 2.23. The van der Waals surface area contributed by atoms with Gasteiger partial charge in [0.25, 0.3) is 0 Å². The van der Waals surface area contributed by atoms with Crippen LogP contribution < -0.4 is 14.8 Å². The van der Waals surface area contributed by atoms with Crippen LogP contribution in [0.2, 0.25) is 0 Å². The SMILES string of the molecule is COc1cc(CCC(=O)Nc2cc(C)ccc2F)cc(OC)c1. The molecule has 23 heavy (non-hydrogen) atoms. The number of hydrogen-bond acceptors (Lipinski definition) is 3. The number of nitrogens with one attached hydrogen (secondary N) is 1. The van der Waals surface area contributed by atoms with Crippen molar-refractivity contribution in [3.8, 4) is 11.5 Å². The number of carbonyl (C=O) groups excluding carboxylic acids is 1. The van der Waals surface area contributed by atoms with Gasteiger partial charge in [-0.1, -0.05) is 6.07 Å². The monoisotopic (exact) mass is 317 g/mol. The summed E-state index contributed by atoms with van der Waals surface area (Å²) in [6.45, 7) is 1.84. The molecular weight excluding hydrogens is 297 g/mol. The first-order chi connectivity index (χ1) is 11.0. The highest BCUT2D eigenvalue weighted by atomic mass is 19.1. The van der Waals surface area contributed by atoms with Gasteiger partial charge in [0, 0.05) is 12.5 Å². The molecule has 2 rings (SSSR count). The number of hydrogen-bond donors (Lipinski definition) is 1. The van der Waals surface area contributed by atoms with Crippen LogP contribution >= 0.6 is 0 Å². The van der Waals surface area contributed by atoms with E-state index in [1.165, 1.54) is 6.07 Å². The number of anilines is 1. The Morgan fingerprint density at radius 2 is 1.74 bits per heavy atom. The molecule has 2 aromatic rings. The molecule has 122 valence electrons. The Hall–Kier alpha value is -2.56. The molecule has 0 heterocycles. The molecule has 0 atom stereocenters. The Labute approximate surface area is 135 Å². The van der Waals surface area contributed by atoms with Crippen molar-refractivity contribution in [1.82, 2.24) is 0 Å². The molecule has 4 nitrogen and oxygen atoms in total. The first kappa shape index (κ1) is 16.8. The van der Waals surface area contributed by atoms with Crippen molar-refractivity contribution >= 4 is 11.6 Å². The van der Waals surface area contributed by atoms with Gasteiger partial charge in [0.2, 0.25) is 5.91 Å². The van der Waals surface area contributed by atoms with Gasteiger partial charge in [-0.2, -0.15) is 0 Å². The van der Waals surface area contributed by atoms with Gasteiger partial charge in [-0.3, -0.25) is 4.79 Å². The Morgan fingerprint density at radius 1 is 1.09 bits per heavy atom. The van der Waals surface area contributed by atoms with Crippen molar-refractivity contribution in [2.24, 2.45) is 0 Å². The highest BCUT2D eigenvalue weighted by Gasteiger charge is 2.09. The van der Waals surface area contributed by atoms with Crippen molar-refractivity contribution in [3.63, 3.8) is 0 Å². The van der Waals surface area contributed by atoms with Crippen molar-refractivity contribution in [1.29, 1.82) is 0 Å². The number of ether oxygens (including phenoxy) is 2. The van der Waals surface area contributed by atoms with Crippen molar-refractivity contribution in [2.45, 2.75) is 19.8 Å². The topological polar surface area (TPSA) is 47.6 Å². The second-order valence-electron chi connectivity index (χ2n) is 5.25. The van der Waals surface area contributed by atoms with Gasteiger partial charge in [0.05, 0.1) is 19.9 Å². The summed E-state index contributed by atoms with van der Waals surface area (Å²) < 4.78 is 24.0. The van der Waals surface area contributed by atoms with E-state index in [-0.39, 0.29) is 18.0 Å². The summed E-state index contributed by atoms with van der Waals surface area (Å²) in [5, 5.41) is 2.60. The fourth-order valence-corrected chi connectivity index (χ4v) is 2.22. The van der Waals surface area contributed by atoms with Crippen LogP contribution in [-0.4, -0.2) is 20.1 Å². The van der Waals surface area contributed by atoms with E-state index in [4.69, 9.17) is 9.47 Å². The molecule has 2 aromatic carbocycles. The summed E-state index contributed by atoms with van der Waals surface area (Å²) in [4.78, 5) is 12.0. The van der Waals surface area contributed by atoms with Crippen LogP contribution in [0.4, 0.5) is 10.1 Å². The van der Waals surface area contributed by atoms with Gasteiger partial charge in [0.15, 0.2) is 0 Å². The molecule has 0 fully saturated rings. The van der Waals surface area contributed by atoms with E-state index in [1.807, 2.05) is 19.1 Å². The van der Waals surface area contributed by atoms with Crippen LogP contribution in [0.25, 0.3) is 0 Å². The van der Waals surface area contributed by atoms with Gasteiger partial charge < -0.3 is 14.8 Å². The second kappa shape index (κ2) is 7.63. The predicted molar refractivity (Wildman–Crippen MR) is 87.6 cm³/mol. The highest BCUT2D eigenvalue weighted by molar-refractivity contribution is 5.91. The van der Waals surface area contributed by atoms with Crippen LogP contribution in [-0.2, 0) is 11.2 Å². The summed E-state index contributed by atoms with van der Waals surface area (Å²) in [5.74, 6) is 0.664. The molecule has 1 amide bonds. The smallest absolute Gasteiger partial charge is 0.224 e. The maximum atomic E-state index is 13.6. The van der Waals surface area contributed by atoms with Gasteiger partial charge >= 0.3 is 0 Å². The number of benzene rings is 2. The number of aryl methyl sites for hydroxylation is 2. The standard InChI is InChI=1S/C18H20FNO3/c1-12-4-6-16(19)17(8-12)20-18(21)7-5-13-9-14(22-2)11-15(10-13)23-3/h4,6,8-11H,5,7H2,1-3H3,(H,20,21). The zero-order valence-corrected chi connectivity index (χ0v) is 13.5. The number of methoxy groups -OCH3 is 2. The molecule has 0 aliphatic carbocycles. The van der Waals surface area contributed by atoms with E-state index in [2.05, 4.69) is 5.32 Å². The number of amides is 1. The Balaban J connectivity index is 2.00. The third-order valence-electron chi connectivity index (χ3n) is 3.45. The minimum absolute atomic E-state index is 0.207. The van der Waals surface area contributed by atoms with Crippen molar-refractivity contribution in [3.05, 3.63) is 53.3 Å². The minimum atomic E-state index is -0.438. The summed E-state index contributed by atoms with van der Waals surface area (Å²) >= 11 is 0. The van der Waals surface area contributed by atoms with Gasteiger partial charge in [-0.15, -0.1) is 0 Å². The van der Waals surface area contributed by atoms with Crippen LogP contribution in [0, 0.1) is 12.7 Å². The zero-order chi connectivity index (χ0) is 16.8. The number of carbonyl (C=O) groups is 1. The number of rotatable bonds is 6. The zero-order valence-electron chi connectivity index (χ0n) is 13.5. The van der Waals surface area contributed by atoms with Crippen molar-refractivity contribution < 1.29 is 18.7 Å². The van der Waals surface area contributed by atoms with Gasteiger partial charge in [-0.25, -0.2) is 4.39 Å². The molecule has 0 aromatic heterocycles. The van der Waals surface area contributed by atoms with E-state index in [0.29, 0.717) is 17.9 Å². The lowest BCUT2D eigenvalue weighted by Gasteiger charge is -2.09. The molecular formula is C18H20FNO3. The molecule has 0 radical (unpaired) electrons. The third kappa shape index (κ3) is 4.71. The lowest BCUT2D eigenvalue weighted by molar-refractivity contribution is -0.116. The average Bonchev–Trinajstić information content (AvgIpc) is 2.56. The first-order valence-electron chi connectivity index (χ1n) is 7.30. The molecule has 0 saturated carbocycles. The first-order valence-corrected chi connectivity index (χ1v) is 7.30. The van der Waals surface area contributed by atoms with E-state index in [1.54, 1.807) is 32.4 Å². The maximum absolute atomic E-state index is 13.6. The van der Waals surface area contributed by atoms with Gasteiger partial charge in [0.1, 0.15) is 17.3 Å². The molecule has 0 aliphatic rings. The minimum Gasteiger partial charge on any atom is -0.497 e. The largest absolute Gasteiger partial charge is 0.497 e. The molecule has 1 N–H and O–H groups in total. The lowest BCUT2D eigenvalue weighted by atomic mass is 10.1. The molecule has 0 aliphatic heterocycles. The summed E-state index contributed by atoms with van der Waals surface area (Å²) in [5.41, 5.74) is 2.01. The van der Waals surface area contributed by atoms with E-state index >= 15 is 0 Å². The molecule has 0 saturated heterocycles. The van der Waals surface area contributed by atoms with E-state index in [0.717, 1.165) is 11.1 Å². The molecule has 0 bridgehead atoms. The van der Waals surface area contributed by atoms with Crippen molar-refractivity contribution in [2.75, 3.05) is 19.5 Å². The summed E-state index contributed by atoms with van der Waals surface area (Å²) in [7, 11) is 3.15. The number of halogens is 1. The Bertz CT molecular complexity index is 678. The molecule has 5 heteroatoms. The maximum Gasteiger partial charge on any atom is 0.224 e. The quantitative estimate of drug-likeness (QED) is 0.883. The van der Waals surface area contributed by atoms with Crippen LogP contribution in [0.5, 0.6) is 11.5 Å². The lowest BCUT2D eigenvalue weighted by Crippen LogP contribution is -2.13. The van der Waals surface area contributed by atoms with Crippen LogP contribution in [0.15, 0.2) is 36.4 Å². The fourth-order valence-electron chi connectivity index (χ4n) is 2.22. The Kier molecular flexibility index (Phi) is 5.57. The predicted octanol–water partition coefficient (Wildman–Crippen LogP) is 3.72. The molecule has 0 unspecified atom stereocenters. The fraction of sp³-hybridized carbons (Fsp3) is 0.278. The molecule has 0 spiro atoms. The van der Waals surface area contributed by atoms with Crippen LogP contribution in [0.1, 0.15) is 17.5 Å². The summed E-state index contributed by atoms with van der Waals surface area (Å²) in [6, 6.07) is 10.1. The Morgan fingerprint density at radius 3 is 2.35 bits per heavy atom. The van der Waals surface area contributed by atoms with E-state index in [9.17, 15) is 9.18 Å². The van der Waals surface area contributed by atoms with Gasteiger partial charge in [-0.05, 0) is 48.7 Å². The summed E-state index contributed by atoms with van der Waals surface area (Å²) in [6.07, 6.45) is 0.747. The third-order valence-corrected chi connectivity index (χ3v) is 3.45. The second-order valence-corrected chi connectivity index (χ2v) is 5.25. The normalized spacial score (nSPS) is 10.3.